The van der Waals surface area contributed by atoms with Crippen LogP contribution in [-0.2, 0) is 6.54 Å². The van der Waals surface area contributed by atoms with Gasteiger partial charge >= 0.3 is 0 Å². The normalized spacial score (nSPS) is 10.8. The van der Waals surface area contributed by atoms with E-state index in [0.717, 1.165) is 20.6 Å². The molecule has 0 aromatic heterocycles. The van der Waals surface area contributed by atoms with Gasteiger partial charge in [0, 0.05) is 21.6 Å². The highest BCUT2D eigenvalue weighted by Gasteiger charge is 2.09. The fourth-order valence-corrected chi connectivity index (χ4v) is 2.45. The quantitative estimate of drug-likeness (QED) is 0.743. The average molecular weight is 353 g/mol. The Morgan fingerprint density at radius 1 is 1.20 bits per heavy atom. The van der Waals surface area contributed by atoms with Crippen LogP contribution in [0.4, 0.5) is 0 Å². The fraction of sp³-hybridized carbons (Fsp3) is 0.188. The molecule has 0 aliphatic heterocycles. The summed E-state index contributed by atoms with van der Waals surface area (Å²) in [5.41, 5.74) is 1.83. The minimum atomic E-state index is 0.113. The van der Waals surface area contributed by atoms with Crippen LogP contribution in [0.5, 0.6) is 0 Å². The lowest BCUT2D eigenvalue weighted by atomic mass is 10.1. The van der Waals surface area contributed by atoms with E-state index in [2.05, 4.69) is 15.9 Å². The summed E-state index contributed by atoms with van der Waals surface area (Å²) in [5.74, 6) is 0.113. The Morgan fingerprint density at radius 2 is 1.90 bits per heavy atom. The summed E-state index contributed by atoms with van der Waals surface area (Å²) in [7, 11) is 1.93. The number of rotatable bonds is 5. The van der Waals surface area contributed by atoms with Gasteiger partial charge in [0.05, 0.1) is 6.54 Å². The Morgan fingerprint density at radius 3 is 2.55 bits per heavy atom. The van der Waals surface area contributed by atoms with Crippen LogP contribution in [0.2, 0.25) is 5.02 Å². The smallest absolute Gasteiger partial charge is 0.176 e. The lowest BCUT2D eigenvalue weighted by Crippen LogP contribution is -2.25. The molecule has 0 saturated carbocycles. The molecule has 4 heteroatoms. The Bertz CT molecular complexity index is 598. The second-order valence-electron chi connectivity index (χ2n) is 4.73. The molecule has 0 heterocycles. The lowest BCUT2D eigenvalue weighted by molar-refractivity contribution is 0.0943. The first-order valence-corrected chi connectivity index (χ1v) is 7.43. The molecule has 0 aliphatic rings. The van der Waals surface area contributed by atoms with Crippen LogP contribution in [0.15, 0.2) is 53.0 Å². The van der Waals surface area contributed by atoms with Crippen molar-refractivity contribution in [2.75, 3.05) is 13.6 Å². The third kappa shape index (κ3) is 4.44. The summed E-state index contributed by atoms with van der Waals surface area (Å²) in [5, 5.41) is 0.718. The molecule has 0 amide bonds. The van der Waals surface area contributed by atoms with E-state index in [0.29, 0.717) is 13.1 Å². The predicted octanol–water partition coefficient (Wildman–Crippen LogP) is 4.42. The Hall–Kier alpha value is -1.16. The summed E-state index contributed by atoms with van der Waals surface area (Å²) in [4.78, 5) is 14.1. The Kier molecular flexibility index (Phi) is 5.35. The number of hydrogen-bond donors (Lipinski definition) is 0. The third-order valence-corrected chi connectivity index (χ3v) is 3.69. The molecule has 0 aliphatic carbocycles. The number of likely N-dealkylation sites (N-methyl/N-ethyl adjacent to an activating group) is 1. The molecule has 2 rings (SSSR count). The molecule has 0 spiro atoms. The second-order valence-corrected chi connectivity index (χ2v) is 6.08. The van der Waals surface area contributed by atoms with Gasteiger partial charge in [-0.15, -0.1) is 0 Å². The van der Waals surface area contributed by atoms with E-state index in [1.807, 2.05) is 60.5 Å². The number of benzene rings is 2. The SMILES string of the molecule is CN(CC(=O)c1ccc(Br)cc1)Cc1cccc(Cl)c1. The summed E-state index contributed by atoms with van der Waals surface area (Å²) < 4.78 is 0.973. The van der Waals surface area contributed by atoms with Gasteiger partial charge in [0.25, 0.3) is 0 Å². The van der Waals surface area contributed by atoms with E-state index in [4.69, 9.17) is 11.6 Å². The zero-order chi connectivity index (χ0) is 14.5. The van der Waals surface area contributed by atoms with Crippen LogP contribution >= 0.6 is 27.5 Å². The highest BCUT2D eigenvalue weighted by atomic mass is 79.9. The number of ketones is 1. The van der Waals surface area contributed by atoms with Gasteiger partial charge in [-0.3, -0.25) is 9.69 Å². The Balaban J connectivity index is 1.95. The van der Waals surface area contributed by atoms with Crippen LogP contribution in [0.1, 0.15) is 15.9 Å². The molecule has 0 fully saturated rings. The molecule has 0 atom stereocenters. The van der Waals surface area contributed by atoms with E-state index in [1.54, 1.807) is 0 Å². The van der Waals surface area contributed by atoms with E-state index in [-0.39, 0.29) is 5.78 Å². The summed E-state index contributed by atoms with van der Waals surface area (Å²) in [6.45, 7) is 1.08. The minimum absolute atomic E-state index is 0.113. The highest BCUT2D eigenvalue weighted by molar-refractivity contribution is 9.10. The molecule has 2 aromatic rings. The highest BCUT2D eigenvalue weighted by Crippen LogP contribution is 2.14. The van der Waals surface area contributed by atoms with Crippen molar-refractivity contribution in [3.63, 3.8) is 0 Å². The molecule has 2 aromatic carbocycles. The van der Waals surface area contributed by atoms with Crippen molar-refractivity contribution in [1.82, 2.24) is 4.90 Å². The number of Topliss-reactive ketones (excluding diaryl/α,β-unsaturated/α-hetero) is 1. The zero-order valence-electron chi connectivity index (χ0n) is 11.1. The Labute approximate surface area is 132 Å². The number of hydrogen-bond acceptors (Lipinski definition) is 2. The first-order valence-electron chi connectivity index (χ1n) is 6.26. The molecular weight excluding hydrogens is 338 g/mol. The van der Waals surface area contributed by atoms with Crippen molar-refractivity contribution in [1.29, 1.82) is 0 Å². The van der Waals surface area contributed by atoms with E-state index in [1.165, 1.54) is 0 Å². The van der Waals surface area contributed by atoms with Crippen LogP contribution in [0, 0.1) is 0 Å². The molecular formula is C16H15BrClNO. The van der Waals surface area contributed by atoms with Gasteiger partial charge in [-0.1, -0.05) is 51.8 Å². The number of carbonyl (C=O) groups excluding carboxylic acids is 1. The topological polar surface area (TPSA) is 20.3 Å². The lowest BCUT2D eigenvalue weighted by Gasteiger charge is -2.16. The molecule has 104 valence electrons. The predicted molar refractivity (Wildman–Crippen MR) is 86.3 cm³/mol. The monoisotopic (exact) mass is 351 g/mol. The van der Waals surface area contributed by atoms with Crippen molar-refractivity contribution < 1.29 is 4.79 Å². The van der Waals surface area contributed by atoms with E-state index in [9.17, 15) is 4.79 Å². The number of carbonyl (C=O) groups is 1. The molecule has 0 unspecified atom stereocenters. The molecule has 0 bridgehead atoms. The molecule has 0 N–H and O–H groups in total. The van der Waals surface area contributed by atoms with Crippen molar-refractivity contribution in [3.05, 3.63) is 69.2 Å². The van der Waals surface area contributed by atoms with Crippen molar-refractivity contribution in [2.45, 2.75) is 6.54 Å². The van der Waals surface area contributed by atoms with Gasteiger partial charge in [0.15, 0.2) is 5.78 Å². The van der Waals surface area contributed by atoms with Crippen LogP contribution in [0.3, 0.4) is 0 Å². The first-order chi connectivity index (χ1) is 9.54. The summed E-state index contributed by atoms with van der Waals surface area (Å²) >= 11 is 9.32. The maximum atomic E-state index is 12.1. The van der Waals surface area contributed by atoms with Gasteiger partial charge in [-0.2, -0.15) is 0 Å². The van der Waals surface area contributed by atoms with Crippen LogP contribution < -0.4 is 0 Å². The molecule has 0 radical (unpaired) electrons. The first kappa shape index (κ1) is 15.2. The van der Waals surface area contributed by atoms with Crippen molar-refractivity contribution >= 4 is 33.3 Å². The number of nitrogens with zero attached hydrogens (tertiary/aromatic N) is 1. The van der Waals surface area contributed by atoms with Gasteiger partial charge in [-0.05, 0) is 36.9 Å². The van der Waals surface area contributed by atoms with Crippen molar-refractivity contribution in [2.24, 2.45) is 0 Å². The second kappa shape index (κ2) is 7.02. The standard InChI is InChI=1S/C16H15BrClNO/c1-19(10-12-3-2-4-15(18)9-12)11-16(20)13-5-7-14(17)8-6-13/h2-9H,10-11H2,1H3. The van der Waals surface area contributed by atoms with Gasteiger partial charge < -0.3 is 0 Å². The largest absolute Gasteiger partial charge is 0.295 e. The fourth-order valence-electron chi connectivity index (χ4n) is 1.98. The van der Waals surface area contributed by atoms with Crippen LogP contribution in [0.25, 0.3) is 0 Å². The van der Waals surface area contributed by atoms with Gasteiger partial charge in [-0.25, -0.2) is 0 Å². The summed E-state index contributed by atoms with van der Waals surface area (Å²) in [6.07, 6.45) is 0. The van der Waals surface area contributed by atoms with Gasteiger partial charge in [0.2, 0.25) is 0 Å². The van der Waals surface area contributed by atoms with Crippen LogP contribution in [-0.4, -0.2) is 24.3 Å². The zero-order valence-corrected chi connectivity index (χ0v) is 13.5. The van der Waals surface area contributed by atoms with E-state index < -0.39 is 0 Å². The maximum Gasteiger partial charge on any atom is 0.176 e. The number of halogens is 2. The minimum Gasteiger partial charge on any atom is -0.295 e. The van der Waals surface area contributed by atoms with Gasteiger partial charge in [0.1, 0.15) is 0 Å². The van der Waals surface area contributed by atoms with Crippen molar-refractivity contribution in [3.8, 4) is 0 Å². The summed E-state index contributed by atoms with van der Waals surface area (Å²) in [6, 6.07) is 15.1. The average Bonchev–Trinajstić information content (AvgIpc) is 2.39. The maximum absolute atomic E-state index is 12.1. The van der Waals surface area contributed by atoms with E-state index >= 15 is 0 Å². The molecule has 20 heavy (non-hydrogen) atoms. The molecule has 2 nitrogen and oxygen atoms in total. The third-order valence-electron chi connectivity index (χ3n) is 2.92. The molecule has 0 saturated heterocycles.